The number of carbonyl (C=O) groups is 1. The first-order chi connectivity index (χ1) is 13.0. The molecular weight excluding hydrogens is 346 g/mol. The van der Waals surface area contributed by atoms with Crippen LogP contribution in [0, 0.1) is 0 Å². The summed E-state index contributed by atoms with van der Waals surface area (Å²) in [5.74, 6) is 0.560. The Morgan fingerprint density at radius 3 is 2.33 bits per heavy atom. The van der Waals surface area contributed by atoms with Crippen molar-refractivity contribution in [2.75, 3.05) is 7.11 Å². The Bertz CT molecular complexity index is 1080. The van der Waals surface area contributed by atoms with Crippen molar-refractivity contribution in [1.29, 1.82) is 0 Å². The number of hydrogen-bond donors (Lipinski definition) is 1. The highest BCUT2D eigenvalue weighted by Crippen LogP contribution is 2.11. The Kier molecular flexibility index (Phi) is 5.40. The average Bonchev–Trinajstić information content (AvgIpc) is 2.71. The van der Waals surface area contributed by atoms with Crippen molar-refractivity contribution in [2.45, 2.75) is 19.5 Å². The Morgan fingerprint density at radius 1 is 1.00 bits per heavy atom. The first-order valence-electron chi connectivity index (χ1n) is 8.59. The van der Waals surface area contributed by atoms with Gasteiger partial charge < -0.3 is 19.2 Å². The highest BCUT2D eigenvalue weighted by molar-refractivity contribution is 5.77. The van der Waals surface area contributed by atoms with Gasteiger partial charge in [0.1, 0.15) is 5.75 Å². The van der Waals surface area contributed by atoms with Gasteiger partial charge in [-0.05, 0) is 29.8 Å². The topological polar surface area (TPSA) is 82.3 Å². The van der Waals surface area contributed by atoms with E-state index in [9.17, 15) is 14.4 Å². The molecule has 1 aromatic heterocycles. The third kappa shape index (κ3) is 3.92. The van der Waals surface area contributed by atoms with Crippen LogP contribution in [-0.2, 0) is 24.9 Å². The zero-order chi connectivity index (χ0) is 19.4. The van der Waals surface area contributed by atoms with Gasteiger partial charge in [-0.2, -0.15) is 0 Å². The molecule has 140 valence electrons. The number of benzene rings is 2. The smallest absolute Gasteiger partial charge is 0.316 e. The molecule has 0 aliphatic rings. The second kappa shape index (κ2) is 7.90. The van der Waals surface area contributed by atoms with Crippen molar-refractivity contribution < 1.29 is 9.53 Å². The van der Waals surface area contributed by atoms with Gasteiger partial charge in [0.05, 0.1) is 18.1 Å². The highest BCUT2D eigenvalue weighted by Gasteiger charge is 2.11. The van der Waals surface area contributed by atoms with Crippen LogP contribution in [0.15, 0.2) is 58.1 Å². The SMILES string of the molecule is COc1ccc(CNC(=O)CCn2c(=O)c(=O)n(C)c3ccccc32)cc1. The Morgan fingerprint density at radius 2 is 1.67 bits per heavy atom. The summed E-state index contributed by atoms with van der Waals surface area (Å²) in [4.78, 5) is 36.6. The third-order valence-electron chi connectivity index (χ3n) is 4.48. The van der Waals surface area contributed by atoms with Gasteiger partial charge in [-0.1, -0.05) is 24.3 Å². The predicted molar refractivity (Wildman–Crippen MR) is 103 cm³/mol. The Hall–Kier alpha value is -3.35. The van der Waals surface area contributed by atoms with E-state index in [0.29, 0.717) is 17.6 Å². The summed E-state index contributed by atoms with van der Waals surface area (Å²) >= 11 is 0. The van der Waals surface area contributed by atoms with Crippen LogP contribution in [-0.4, -0.2) is 22.2 Å². The molecule has 0 saturated carbocycles. The van der Waals surface area contributed by atoms with Crippen LogP contribution < -0.4 is 21.2 Å². The molecule has 0 bridgehead atoms. The Labute approximate surface area is 155 Å². The molecule has 0 atom stereocenters. The molecule has 0 fully saturated rings. The maximum absolute atomic E-state index is 12.3. The van der Waals surface area contributed by atoms with Crippen molar-refractivity contribution in [2.24, 2.45) is 7.05 Å². The summed E-state index contributed by atoms with van der Waals surface area (Å²) in [7, 11) is 3.16. The zero-order valence-corrected chi connectivity index (χ0v) is 15.3. The van der Waals surface area contributed by atoms with Crippen LogP contribution in [0.1, 0.15) is 12.0 Å². The number of hydrogen-bond acceptors (Lipinski definition) is 4. The summed E-state index contributed by atoms with van der Waals surface area (Å²) in [6, 6.07) is 14.5. The van der Waals surface area contributed by atoms with E-state index in [2.05, 4.69) is 5.32 Å². The fourth-order valence-electron chi connectivity index (χ4n) is 2.92. The number of rotatable bonds is 6. The Balaban J connectivity index is 1.70. The molecular formula is C20H21N3O4. The summed E-state index contributed by atoms with van der Waals surface area (Å²) in [6.07, 6.45) is 0.104. The van der Waals surface area contributed by atoms with E-state index >= 15 is 0 Å². The first-order valence-corrected chi connectivity index (χ1v) is 8.59. The fourth-order valence-corrected chi connectivity index (χ4v) is 2.92. The number of aryl methyl sites for hydroxylation is 2. The number of nitrogens with zero attached hydrogens (tertiary/aromatic N) is 2. The molecule has 3 rings (SSSR count). The molecule has 0 spiro atoms. The molecule has 0 unspecified atom stereocenters. The molecule has 2 aromatic carbocycles. The lowest BCUT2D eigenvalue weighted by Crippen LogP contribution is -2.41. The van der Waals surface area contributed by atoms with Gasteiger partial charge >= 0.3 is 11.1 Å². The second-order valence-electron chi connectivity index (χ2n) is 6.18. The average molecular weight is 367 g/mol. The van der Waals surface area contributed by atoms with E-state index in [0.717, 1.165) is 11.3 Å². The van der Waals surface area contributed by atoms with Gasteiger partial charge in [0.2, 0.25) is 5.91 Å². The van der Waals surface area contributed by atoms with Crippen molar-refractivity contribution in [3.05, 3.63) is 74.8 Å². The van der Waals surface area contributed by atoms with Gasteiger partial charge in [0, 0.05) is 26.6 Å². The molecule has 0 saturated heterocycles. The minimum absolute atomic E-state index is 0.104. The molecule has 3 aromatic rings. The number of amides is 1. The molecule has 1 amide bonds. The first kappa shape index (κ1) is 18.4. The van der Waals surface area contributed by atoms with E-state index in [1.54, 1.807) is 38.4 Å². The molecule has 27 heavy (non-hydrogen) atoms. The normalized spacial score (nSPS) is 10.7. The lowest BCUT2D eigenvalue weighted by atomic mass is 10.2. The standard InChI is InChI=1S/C20H21N3O4/c1-22-16-5-3-4-6-17(16)23(20(26)19(22)25)12-11-18(24)21-13-14-7-9-15(27-2)10-8-14/h3-10H,11-13H2,1-2H3,(H,21,24). The van der Waals surface area contributed by atoms with Crippen molar-refractivity contribution in [3.63, 3.8) is 0 Å². The number of aromatic nitrogens is 2. The van der Waals surface area contributed by atoms with Gasteiger partial charge in [-0.15, -0.1) is 0 Å². The van der Waals surface area contributed by atoms with E-state index in [1.807, 2.05) is 24.3 Å². The fraction of sp³-hybridized carbons (Fsp3) is 0.250. The number of nitrogens with one attached hydrogen (secondary N) is 1. The van der Waals surface area contributed by atoms with Crippen LogP contribution in [0.25, 0.3) is 11.0 Å². The van der Waals surface area contributed by atoms with Crippen LogP contribution >= 0.6 is 0 Å². The molecule has 0 radical (unpaired) electrons. The maximum atomic E-state index is 12.3. The van der Waals surface area contributed by atoms with Crippen LogP contribution in [0.5, 0.6) is 5.75 Å². The van der Waals surface area contributed by atoms with E-state index in [1.165, 1.54) is 9.13 Å². The van der Waals surface area contributed by atoms with Crippen molar-refractivity contribution >= 4 is 16.9 Å². The van der Waals surface area contributed by atoms with E-state index in [4.69, 9.17) is 4.74 Å². The molecule has 0 aliphatic carbocycles. The molecule has 0 aliphatic heterocycles. The highest BCUT2D eigenvalue weighted by atomic mass is 16.5. The summed E-state index contributed by atoms with van der Waals surface area (Å²) in [6.45, 7) is 0.527. The summed E-state index contributed by atoms with van der Waals surface area (Å²) in [5, 5.41) is 2.82. The van der Waals surface area contributed by atoms with Crippen molar-refractivity contribution in [1.82, 2.24) is 14.5 Å². The van der Waals surface area contributed by atoms with E-state index in [-0.39, 0.29) is 18.9 Å². The number of ether oxygens (including phenoxy) is 1. The van der Waals surface area contributed by atoms with Gasteiger partial charge in [-0.25, -0.2) is 0 Å². The van der Waals surface area contributed by atoms with Crippen LogP contribution in [0.2, 0.25) is 0 Å². The second-order valence-corrected chi connectivity index (χ2v) is 6.18. The summed E-state index contributed by atoms with van der Waals surface area (Å²) < 4.78 is 7.80. The minimum Gasteiger partial charge on any atom is -0.497 e. The summed E-state index contributed by atoms with van der Waals surface area (Å²) in [5.41, 5.74) is 1.00. The van der Waals surface area contributed by atoms with E-state index < -0.39 is 11.1 Å². The van der Waals surface area contributed by atoms with Gasteiger partial charge in [0.25, 0.3) is 0 Å². The van der Waals surface area contributed by atoms with Crippen LogP contribution in [0.3, 0.4) is 0 Å². The molecule has 1 heterocycles. The number of carbonyl (C=O) groups excluding carboxylic acids is 1. The lowest BCUT2D eigenvalue weighted by Gasteiger charge is -2.12. The third-order valence-corrected chi connectivity index (χ3v) is 4.48. The predicted octanol–water partition coefficient (Wildman–Crippen LogP) is 1.42. The molecule has 7 nitrogen and oxygen atoms in total. The minimum atomic E-state index is -0.626. The number of para-hydroxylation sites is 2. The number of fused-ring (bicyclic) bond motifs is 1. The van der Waals surface area contributed by atoms with Gasteiger partial charge in [0.15, 0.2) is 0 Å². The number of methoxy groups -OCH3 is 1. The monoisotopic (exact) mass is 367 g/mol. The largest absolute Gasteiger partial charge is 0.497 e. The molecule has 1 N–H and O–H groups in total. The van der Waals surface area contributed by atoms with Gasteiger partial charge in [-0.3, -0.25) is 14.4 Å². The maximum Gasteiger partial charge on any atom is 0.316 e. The molecule has 7 heteroatoms. The van der Waals surface area contributed by atoms with Crippen molar-refractivity contribution in [3.8, 4) is 5.75 Å². The zero-order valence-electron chi connectivity index (χ0n) is 15.3. The lowest BCUT2D eigenvalue weighted by molar-refractivity contribution is -0.121. The van der Waals surface area contributed by atoms with Crippen LogP contribution in [0.4, 0.5) is 0 Å². The quantitative estimate of drug-likeness (QED) is 0.668.